The van der Waals surface area contributed by atoms with Crippen LogP contribution in [0.25, 0.3) is 0 Å². The van der Waals surface area contributed by atoms with Crippen molar-refractivity contribution in [3.8, 4) is 0 Å². The Kier molecular flexibility index (Phi) is 3.71. The molecule has 0 amide bonds. The molecule has 0 aromatic heterocycles. The van der Waals surface area contributed by atoms with Crippen molar-refractivity contribution in [1.29, 1.82) is 0 Å². The highest BCUT2D eigenvalue weighted by Crippen LogP contribution is 2.24. The van der Waals surface area contributed by atoms with Crippen molar-refractivity contribution in [3.63, 3.8) is 0 Å². The lowest BCUT2D eigenvalue weighted by Crippen LogP contribution is -2.22. The van der Waals surface area contributed by atoms with E-state index in [0.717, 1.165) is 6.54 Å². The molecule has 15 heavy (non-hydrogen) atoms. The zero-order chi connectivity index (χ0) is 10.7. The van der Waals surface area contributed by atoms with E-state index < -0.39 is 0 Å². The summed E-state index contributed by atoms with van der Waals surface area (Å²) in [4.78, 5) is 0. The lowest BCUT2D eigenvalue weighted by molar-refractivity contribution is 0.624. The molecule has 2 rings (SSSR count). The zero-order valence-corrected chi connectivity index (χ0v) is 10.4. The van der Waals surface area contributed by atoms with Crippen LogP contribution in [-0.2, 0) is 6.54 Å². The van der Waals surface area contributed by atoms with Crippen LogP contribution in [0.15, 0.2) is 18.2 Å². The van der Waals surface area contributed by atoms with E-state index in [0.29, 0.717) is 5.37 Å². The first-order chi connectivity index (χ1) is 7.25. The van der Waals surface area contributed by atoms with Gasteiger partial charge in [-0.1, -0.05) is 18.2 Å². The van der Waals surface area contributed by atoms with E-state index >= 15 is 0 Å². The highest BCUT2D eigenvalue weighted by atomic mass is 32.2. The van der Waals surface area contributed by atoms with Gasteiger partial charge in [-0.25, -0.2) is 0 Å². The van der Waals surface area contributed by atoms with Gasteiger partial charge in [-0.05, 0) is 49.1 Å². The molecule has 1 saturated heterocycles. The third-order valence-corrected chi connectivity index (χ3v) is 4.36. The number of hydrogen-bond acceptors (Lipinski definition) is 2. The molecule has 1 atom stereocenters. The predicted molar refractivity (Wildman–Crippen MR) is 68.2 cm³/mol. The van der Waals surface area contributed by atoms with Gasteiger partial charge in [0, 0.05) is 6.54 Å². The van der Waals surface area contributed by atoms with Gasteiger partial charge in [0.25, 0.3) is 0 Å². The fraction of sp³-hybridized carbons (Fsp3) is 0.538. The molecule has 82 valence electrons. The molecule has 1 fully saturated rings. The van der Waals surface area contributed by atoms with Crippen LogP contribution in [-0.4, -0.2) is 11.1 Å². The third-order valence-electron chi connectivity index (χ3n) is 3.03. The molecular formula is C13H19NS. The Balaban J connectivity index is 1.90. The van der Waals surface area contributed by atoms with Crippen molar-refractivity contribution < 1.29 is 0 Å². The Labute approximate surface area is 96.7 Å². The molecule has 0 spiro atoms. The predicted octanol–water partition coefficient (Wildman–Crippen LogP) is 3.25. The first-order valence-corrected chi connectivity index (χ1v) is 6.72. The summed E-state index contributed by atoms with van der Waals surface area (Å²) >= 11 is 2.06. The van der Waals surface area contributed by atoms with Gasteiger partial charge in [0.1, 0.15) is 0 Å². The van der Waals surface area contributed by atoms with Crippen LogP contribution in [0.5, 0.6) is 0 Å². The highest BCUT2D eigenvalue weighted by molar-refractivity contribution is 8.00. The summed E-state index contributed by atoms with van der Waals surface area (Å²) in [6, 6.07) is 6.74. The van der Waals surface area contributed by atoms with Crippen LogP contribution in [0.3, 0.4) is 0 Å². The highest BCUT2D eigenvalue weighted by Gasteiger charge is 2.14. The van der Waals surface area contributed by atoms with E-state index in [1.165, 1.54) is 35.3 Å². The molecule has 1 aliphatic heterocycles. The Hall–Kier alpha value is -0.470. The molecule has 2 heteroatoms. The monoisotopic (exact) mass is 221 g/mol. The fourth-order valence-electron chi connectivity index (χ4n) is 1.88. The van der Waals surface area contributed by atoms with E-state index in [1.807, 2.05) is 0 Å². The second-order valence-corrected chi connectivity index (χ2v) is 5.61. The Morgan fingerprint density at radius 1 is 1.33 bits per heavy atom. The van der Waals surface area contributed by atoms with Crippen LogP contribution >= 0.6 is 11.8 Å². The molecule has 1 heterocycles. The summed E-state index contributed by atoms with van der Waals surface area (Å²) in [5, 5.41) is 4.29. The summed E-state index contributed by atoms with van der Waals surface area (Å²) in [6.45, 7) is 5.36. The lowest BCUT2D eigenvalue weighted by atomic mass is 10.1. The third kappa shape index (κ3) is 2.99. The van der Waals surface area contributed by atoms with Crippen LogP contribution in [0.1, 0.15) is 29.5 Å². The van der Waals surface area contributed by atoms with Crippen LogP contribution in [0.2, 0.25) is 0 Å². The number of aryl methyl sites for hydroxylation is 2. The van der Waals surface area contributed by atoms with Gasteiger partial charge in [0.2, 0.25) is 0 Å². The standard InChI is InChI=1S/C13H19NS/c1-10-5-6-12(8-11(10)2)9-14-13-4-3-7-15-13/h5-6,8,13-14H,3-4,7,9H2,1-2H3. The summed E-state index contributed by atoms with van der Waals surface area (Å²) in [7, 11) is 0. The SMILES string of the molecule is Cc1ccc(CNC2CCCS2)cc1C. The van der Waals surface area contributed by atoms with E-state index in [1.54, 1.807) is 0 Å². The fourth-order valence-corrected chi connectivity index (χ4v) is 3.04. The summed E-state index contributed by atoms with van der Waals surface area (Å²) in [5.74, 6) is 1.32. The van der Waals surface area contributed by atoms with Gasteiger partial charge in [-0.3, -0.25) is 0 Å². The van der Waals surface area contributed by atoms with E-state index in [-0.39, 0.29) is 0 Å². The summed E-state index contributed by atoms with van der Waals surface area (Å²) in [6.07, 6.45) is 2.70. The molecule has 0 bridgehead atoms. The van der Waals surface area contributed by atoms with E-state index in [4.69, 9.17) is 0 Å². The smallest absolute Gasteiger partial charge is 0.0535 e. The number of nitrogens with one attached hydrogen (secondary N) is 1. The lowest BCUT2D eigenvalue weighted by Gasteiger charge is -2.12. The average Bonchev–Trinajstić information content (AvgIpc) is 2.73. The van der Waals surface area contributed by atoms with Crippen LogP contribution < -0.4 is 5.32 Å². The van der Waals surface area contributed by atoms with Crippen molar-refractivity contribution in [2.24, 2.45) is 0 Å². The van der Waals surface area contributed by atoms with E-state index in [2.05, 4.69) is 49.1 Å². The number of hydrogen-bond donors (Lipinski definition) is 1. The molecule has 1 aromatic rings. The van der Waals surface area contributed by atoms with Gasteiger partial charge in [-0.15, -0.1) is 11.8 Å². The molecule has 1 nitrogen and oxygen atoms in total. The maximum Gasteiger partial charge on any atom is 0.0535 e. The van der Waals surface area contributed by atoms with Gasteiger partial charge >= 0.3 is 0 Å². The van der Waals surface area contributed by atoms with Crippen LogP contribution in [0, 0.1) is 13.8 Å². The van der Waals surface area contributed by atoms with Gasteiger partial charge < -0.3 is 5.32 Å². The number of thioether (sulfide) groups is 1. The van der Waals surface area contributed by atoms with Crippen LogP contribution in [0.4, 0.5) is 0 Å². The first-order valence-electron chi connectivity index (χ1n) is 5.67. The molecule has 0 radical (unpaired) electrons. The summed E-state index contributed by atoms with van der Waals surface area (Å²) < 4.78 is 0. The van der Waals surface area contributed by atoms with Gasteiger partial charge in [0.15, 0.2) is 0 Å². The quantitative estimate of drug-likeness (QED) is 0.841. The van der Waals surface area contributed by atoms with Gasteiger partial charge in [0.05, 0.1) is 5.37 Å². The minimum Gasteiger partial charge on any atom is -0.301 e. The molecule has 1 unspecified atom stereocenters. The molecular weight excluding hydrogens is 202 g/mol. The molecule has 1 N–H and O–H groups in total. The molecule has 1 aromatic carbocycles. The number of rotatable bonds is 3. The van der Waals surface area contributed by atoms with Crippen molar-refractivity contribution in [3.05, 3.63) is 34.9 Å². The van der Waals surface area contributed by atoms with Crippen molar-refractivity contribution >= 4 is 11.8 Å². The Morgan fingerprint density at radius 2 is 2.20 bits per heavy atom. The minimum absolute atomic E-state index is 0.687. The minimum atomic E-state index is 0.687. The molecule has 0 aliphatic carbocycles. The second kappa shape index (κ2) is 5.04. The normalized spacial score (nSPS) is 20.8. The first kappa shape index (κ1) is 11.0. The Bertz CT molecular complexity index is 329. The topological polar surface area (TPSA) is 12.0 Å². The maximum atomic E-state index is 3.61. The average molecular weight is 221 g/mol. The van der Waals surface area contributed by atoms with Gasteiger partial charge in [-0.2, -0.15) is 0 Å². The van der Waals surface area contributed by atoms with E-state index in [9.17, 15) is 0 Å². The summed E-state index contributed by atoms with van der Waals surface area (Å²) in [5.41, 5.74) is 4.19. The second-order valence-electron chi connectivity index (χ2n) is 4.30. The van der Waals surface area contributed by atoms with Crippen molar-refractivity contribution in [2.45, 2.75) is 38.6 Å². The van der Waals surface area contributed by atoms with Crippen molar-refractivity contribution in [1.82, 2.24) is 5.32 Å². The largest absolute Gasteiger partial charge is 0.301 e. The number of benzene rings is 1. The zero-order valence-electron chi connectivity index (χ0n) is 9.55. The maximum absolute atomic E-state index is 3.61. The molecule has 0 saturated carbocycles. The Morgan fingerprint density at radius 3 is 2.87 bits per heavy atom. The van der Waals surface area contributed by atoms with Crippen molar-refractivity contribution in [2.75, 3.05) is 5.75 Å². The molecule has 1 aliphatic rings.